The molecule has 0 aliphatic heterocycles. The minimum atomic E-state index is 0.548. The van der Waals surface area contributed by atoms with Crippen LogP contribution in [0.2, 0.25) is 0 Å². The molecule has 0 saturated carbocycles. The van der Waals surface area contributed by atoms with Crippen LogP contribution in [0.3, 0.4) is 0 Å². The van der Waals surface area contributed by atoms with Crippen LogP contribution in [0.1, 0.15) is 17.0 Å². The molecule has 0 saturated heterocycles. The topological polar surface area (TPSA) is 43.3 Å². The molecule has 0 amide bonds. The van der Waals surface area contributed by atoms with Gasteiger partial charge >= 0.3 is 0 Å². The Labute approximate surface area is 77.2 Å². The highest BCUT2D eigenvalue weighted by atomic mass is 15.0. The number of nitrogens with two attached hydrogens (primary N) is 1. The summed E-state index contributed by atoms with van der Waals surface area (Å²) in [5.74, 6) is 0. The fourth-order valence-corrected chi connectivity index (χ4v) is 1.61. The minimum absolute atomic E-state index is 0.548. The smallest absolute Gasteiger partial charge is 0.141 e. The van der Waals surface area contributed by atoms with Crippen molar-refractivity contribution in [3.05, 3.63) is 35.3 Å². The second-order valence-corrected chi connectivity index (χ2v) is 3.28. The normalized spacial score (nSPS) is 11.0. The van der Waals surface area contributed by atoms with E-state index < -0.39 is 0 Å². The van der Waals surface area contributed by atoms with Crippen LogP contribution in [0.15, 0.2) is 18.3 Å². The quantitative estimate of drug-likeness (QED) is 0.712. The average Bonchev–Trinajstić information content (AvgIpc) is 2.47. The van der Waals surface area contributed by atoms with Gasteiger partial charge in [0.15, 0.2) is 0 Å². The molecule has 0 aromatic carbocycles. The predicted octanol–water partition coefficient (Wildman–Crippen LogP) is 1.41. The van der Waals surface area contributed by atoms with Crippen LogP contribution >= 0.6 is 0 Å². The van der Waals surface area contributed by atoms with E-state index in [1.807, 2.05) is 19.2 Å². The van der Waals surface area contributed by atoms with Crippen LogP contribution in [0.25, 0.3) is 5.65 Å². The highest BCUT2D eigenvalue weighted by Crippen LogP contribution is 2.12. The largest absolute Gasteiger partial charge is 0.326 e. The fraction of sp³-hybridized carbons (Fsp3) is 0.300. The molecular formula is C10H13N3. The van der Waals surface area contributed by atoms with Crippen molar-refractivity contribution in [2.75, 3.05) is 0 Å². The van der Waals surface area contributed by atoms with Crippen molar-refractivity contribution >= 4 is 5.65 Å². The first-order valence-corrected chi connectivity index (χ1v) is 4.36. The van der Waals surface area contributed by atoms with E-state index in [0.717, 1.165) is 16.9 Å². The van der Waals surface area contributed by atoms with Gasteiger partial charge in [0.05, 0.1) is 0 Å². The summed E-state index contributed by atoms with van der Waals surface area (Å²) in [5, 5.41) is 0. The molecule has 2 aromatic rings. The van der Waals surface area contributed by atoms with E-state index in [9.17, 15) is 0 Å². The Morgan fingerprint density at radius 1 is 1.46 bits per heavy atom. The lowest BCUT2D eigenvalue weighted by Crippen LogP contribution is -1.99. The molecular weight excluding hydrogens is 162 g/mol. The van der Waals surface area contributed by atoms with E-state index in [4.69, 9.17) is 5.73 Å². The van der Waals surface area contributed by atoms with Gasteiger partial charge in [0.2, 0.25) is 0 Å². The van der Waals surface area contributed by atoms with Crippen molar-refractivity contribution in [1.82, 2.24) is 9.38 Å². The van der Waals surface area contributed by atoms with Crippen molar-refractivity contribution in [3.63, 3.8) is 0 Å². The Balaban J connectivity index is 2.82. The Morgan fingerprint density at radius 3 is 2.92 bits per heavy atom. The maximum Gasteiger partial charge on any atom is 0.141 e. The van der Waals surface area contributed by atoms with E-state index in [1.165, 1.54) is 5.69 Å². The van der Waals surface area contributed by atoms with E-state index in [0.29, 0.717) is 6.54 Å². The Morgan fingerprint density at radius 2 is 2.23 bits per heavy atom. The van der Waals surface area contributed by atoms with Crippen molar-refractivity contribution in [2.45, 2.75) is 20.4 Å². The molecule has 2 rings (SSSR count). The number of fused-ring (bicyclic) bond motifs is 1. The van der Waals surface area contributed by atoms with Crippen molar-refractivity contribution in [3.8, 4) is 0 Å². The SMILES string of the molecule is Cc1cc(C)n2ccc(CN)c2n1. The van der Waals surface area contributed by atoms with Crippen molar-refractivity contribution in [1.29, 1.82) is 0 Å². The van der Waals surface area contributed by atoms with Gasteiger partial charge in [0, 0.05) is 29.7 Å². The van der Waals surface area contributed by atoms with E-state index in [1.54, 1.807) is 0 Å². The molecule has 3 nitrogen and oxygen atoms in total. The Hall–Kier alpha value is -1.35. The Bertz CT molecular complexity index is 443. The standard InChI is InChI=1S/C10H13N3/c1-7-5-8(2)13-4-3-9(6-11)10(13)12-7/h3-5H,6,11H2,1-2H3. The number of aromatic nitrogens is 2. The molecule has 3 heteroatoms. The molecule has 2 aromatic heterocycles. The summed E-state index contributed by atoms with van der Waals surface area (Å²) < 4.78 is 2.06. The van der Waals surface area contributed by atoms with Gasteiger partial charge in [0.25, 0.3) is 0 Å². The van der Waals surface area contributed by atoms with Crippen LogP contribution < -0.4 is 5.73 Å². The minimum Gasteiger partial charge on any atom is -0.326 e. The lowest BCUT2D eigenvalue weighted by Gasteiger charge is -2.02. The van der Waals surface area contributed by atoms with E-state index in [-0.39, 0.29) is 0 Å². The van der Waals surface area contributed by atoms with Crippen molar-refractivity contribution < 1.29 is 0 Å². The number of aryl methyl sites for hydroxylation is 2. The maximum absolute atomic E-state index is 5.61. The third-order valence-corrected chi connectivity index (χ3v) is 2.24. The Kier molecular flexibility index (Phi) is 1.81. The zero-order valence-electron chi connectivity index (χ0n) is 7.91. The molecule has 0 aliphatic rings. The second kappa shape index (κ2) is 2.85. The molecule has 0 bridgehead atoms. The summed E-state index contributed by atoms with van der Waals surface area (Å²) in [4.78, 5) is 4.45. The van der Waals surface area contributed by atoms with Crippen LogP contribution in [0.5, 0.6) is 0 Å². The maximum atomic E-state index is 5.61. The van der Waals surface area contributed by atoms with Gasteiger partial charge in [0.1, 0.15) is 5.65 Å². The molecule has 0 atom stereocenters. The molecule has 13 heavy (non-hydrogen) atoms. The van der Waals surface area contributed by atoms with Crippen LogP contribution in [0.4, 0.5) is 0 Å². The van der Waals surface area contributed by atoms with Gasteiger partial charge in [-0.25, -0.2) is 4.98 Å². The molecule has 0 fully saturated rings. The number of rotatable bonds is 1. The first-order valence-electron chi connectivity index (χ1n) is 4.36. The van der Waals surface area contributed by atoms with Gasteiger partial charge in [-0.1, -0.05) is 0 Å². The number of nitrogens with zero attached hydrogens (tertiary/aromatic N) is 2. The molecule has 0 aliphatic carbocycles. The lowest BCUT2D eigenvalue weighted by molar-refractivity contribution is 1.01. The zero-order chi connectivity index (χ0) is 9.42. The first kappa shape index (κ1) is 8.26. The van der Waals surface area contributed by atoms with Crippen LogP contribution in [-0.2, 0) is 6.54 Å². The fourth-order valence-electron chi connectivity index (χ4n) is 1.61. The zero-order valence-corrected chi connectivity index (χ0v) is 7.91. The van der Waals surface area contributed by atoms with Crippen LogP contribution in [-0.4, -0.2) is 9.38 Å². The summed E-state index contributed by atoms with van der Waals surface area (Å²) in [6, 6.07) is 4.09. The monoisotopic (exact) mass is 175 g/mol. The summed E-state index contributed by atoms with van der Waals surface area (Å²) in [6.45, 7) is 4.62. The molecule has 0 radical (unpaired) electrons. The summed E-state index contributed by atoms with van der Waals surface area (Å²) in [6.07, 6.45) is 2.01. The molecule has 2 heterocycles. The van der Waals surface area contributed by atoms with E-state index >= 15 is 0 Å². The molecule has 2 N–H and O–H groups in total. The molecule has 0 unspecified atom stereocenters. The van der Waals surface area contributed by atoms with E-state index in [2.05, 4.69) is 22.4 Å². The summed E-state index contributed by atoms with van der Waals surface area (Å²) in [7, 11) is 0. The van der Waals surface area contributed by atoms with Gasteiger partial charge in [-0.3, -0.25) is 0 Å². The van der Waals surface area contributed by atoms with Crippen molar-refractivity contribution in [2.24, 2.45) is 5.73 Å². The van der Waals surface area contributed by atoms with Gasteiger partial charge in [-0.05, 0) is 26.0 Å². The third-order valence-electron chi connectivity index (χ3n) is 2.24. The van der Waals surface area contributed by atoms with Gasteiger partial charge in [-0.2, -0.15) is 0 Å². The molecule has 0 spiro atoms. The van der Waals surface area contributed by atoms with Gasteiger partial charge < -0.3 is 10.1 Å². The third kappa shape index (κ3) is 1.21. The molecule has 68 valence electrons. The summed E-state index contributed by atoms with van der Waals surface area (Å²) in [5.41, 5.74) is 9.93. The number of hydrogen-bond acceptors (Lipinski definition) is 2. The van der Waals surface area contributed by atoms with Gasteiger partial charge in [-0.15, -0.1) is 0 Å². The number of hydrogen-bond donors (Lipinski definition) is 1. The lowest BCUT2D eigenvalue weighted by atomic mass is 10.3. The highest BCUT2D eigenvalue weighted by Gasteiger charge is 2.04. The summed E-state index contributed by atoms with van der Waals surface area (Å²) >= 11 is 0. The predicted molar refractivity (Wildman–Crippen MR) is 52.6 cm³/mol. The average molecular weight is 175 g/mol. The van der Waals surface area contributed by atoms with Crippen LogP contribution in [0, 0.1) is 13.8 Å². The highest BCUT2D eigenvalue weighted by molar-refractivity contribution is 5.50. The first-order chi connectivity index (χ1) is 6.22. The second-order valence-electron chi connectivity index (χ2n) is 3.28.